The van der Waals surface area contributed by atoms with E-state index in [-0.39, 0.29) is 0 Å². The van der Waals surface area contributed by atoms with Crippen LogP contribution in [0.15, 0.2) is 43.0 Å². The van der Waals surface area contributed by atoms with Crippen molar-refractivity contribution in [2.75, 3.05) is 0 Å². The van der Waals surface area contributed by atoms with Crippen LogP contribution >= 0.6 is 0 Å². The smallest absolute Gasteiger partial charge is 0.328 e. The van der Waals surface area contributed by atoms with Gasteiger partial charge < -0.3 is 9.67 Å². The molecular formula is C12H9FN2O2. The lowest BCUT2D eigenvalue weighted by molar-refractivity contribution is -0.131. The molecule has 5 heteroatoms. The highest BCUT2D eigenvalue weighted by molar-refractivity contribution is 5.85. The van der Waals surface area contributed by atoms with Crippen LogP contribution in [0.4, 0.5) is 4.39 Å². The Morgan fingerprint density at radius 3 is 2.88 bits per heavy atom. The maximum absolute atomic E-state index is 13.7. The van der Waals surface area contributed by atoms with Gasteiger partial charge in [-0.1, -0.05) is 6.07 Å². The molecule has 2 rings (SSSR count). The average Bonchev–Trinajstić information content (AvgIpc) is 2.79. The van der Waals surface area contributed by atoms with E-state index in [9.17, 15) is 9.18 Å². The van der Waals surface area contributed by atoms with E-state index in [1.807, 2.05) is 0 Å². The van der Waals surface area contributed by atoms with Gasteiger partial charge in [0.2, 0.25) is 0 Å². The normalized spacial score (nSPS) is 10.9. The average molecular weight is 232 g/mol. The minimum Gasteiger partial charge on any atom is -0.478 e. The van der Waals surface area contributed by atoms with Gasteiger partial charge in [-0.2, -0.15) is 0 Å². The molecule has 86 valence electrons. The van der Waals surface area contributed by atoms with E-state index in [4.69, 9.17) is 5.11 Å². The van der Waals surface area contributed by atoms with Crippen molar-refractivity contribution >= 4 is 12.0 Å². The SMILES string of the molecule is O=C(O)C=Cc1ccc(-n2ccnc2)c(F)c1. The molecule has 4 nitrogen and oxygen atoms in total. The predicted molar refractivity (Wildman–Crippen MR) is 60.2 cm³/mol. The van der Waals surface area contributed by atoms with Crippen molar-refractivity contribution in [3.05, 3.63) is 54.4 Å². The fourth-order valence-corrected chi connectivity index (χ4v) is 1.41. The van der Waals surface area contributed by atoms with E-state index >= 15 is 0 Å². The van der Waals surface area contributed by atoms with Gasteiger partial charge in [-0.05, 0) is 23.8 Å². The molecule has 0 atom stereocenters. The Balaban J connectivity index is 2.32. The summed E-state index contributed by atoms with van der Waals surface area (Å²) in [5, 5.41) is 8.46. The Hall–Kier alpha value is -2.43. The summed E-state index contributed by atoms with van der Waals surface area (Å²) in [5.74, 6) is -1.50. The lowest BCUT2D eigenvalue weighted by atomic mass is 10.2. The Morgan fingerprint density at radius 1 is 1.47 bits per heavy atom. The molecule has 0 unspecified atom stereocenters. The minimum absolute atomic E-state index is 0.370. The van der Waals surface area contributed by atoms with Gasteiger partial charge in [-0.15, -0.1) is 0 Å². The van der Waals surface area contributed by atoms with Gasteiger partial charge in [0, 0.05) is 18.5 Å². The highest BCUT2D eigenvalue weighted by atomic mass is 19.1. The molecular weight excluding hydrogens is 223 g/mol. The number of carbonyl (C=O) groups is 1. The second kappa shape index (κ2) is 4.61. The van der Waals surface area contributed by atoms with Crippen LogP contribution in [0.25, 0.3) is 11.8 Å². The van der Waals surface area contributed by atoms with E-state index in [0.717, 1.165) is 6.08 Å². The van der Waals surface area contributed by atoms with Crippen molar-refractivity contribution in [1.82, 2.24) is 9.55 Å². The molecule has 0 amide bonds. The van der Waals surface area contributed by atoms with E-state index < -0.39 is 11.8 Å². The largest absolute Gasteiger partial charge is 0.478 e. The standard InChI is InChI=1S/C12H9FN2O2/c13-10-7-9(2-4-12(16)17)1-3-11(10)15-6-5-14-8-15/h1-8H,(H,16,17). The number of aliphatic carboxylic acids is 1. The number of hydrogen-bond acceptors (Lipinski definition) is 2. The Bertz CT molecular complexity index is 562. The summed E-state index contributed by atoms with van der Waals surface area (Å²) < 4.78 is 15.2. The third-order valence-electron chi connectivity index (χ3n) is 2.17. The highest BCUT2D eigenvalue weighted by Crippen LogP contribution is 2.15. The molecule has 0 fully saturated rings. The van der Waals surface area contributed by atoms with E-state index in [2.05, 4.69) is 4.98 Å². The fourth-order valence-electron chi connectivity index (χ4n) is 1.41. The molecule has 1 aromatic carbocycles. The predicted octanol–water partition coefficient (Wildman–Crippen LogP) is 2.11. The molecule has 0 bridgehead atoms. The summed E-state index contributed by atoms with van der Waals surface area (Å²) in [7, 11) is 0. The van der Waals surface area contributed by atoms with Crippen LogP contribution in [0, 0.1) is 5.82 Å². The molecule has 0 aliphatic heterocycles. The summed E-state index contributed by atoms with van der Waals surface area (Å²) in [6, 6.07) is 4.48. The monoisotopic (exact) mass is 232 g/mol. The van der Waals surface area contributed by atoms with Crippen LogP contribution in [0.2, 0.25) is 0 Å². The van der Waals surface area contributed by atoms with Crippen LogP contribution in [-0.2, 0) is 4.79 Å². The molecule has 0 aliphatic carbocycles. The van der Waals surface area contributed by atoms with Crippen molar-refractivity contribution in [1.29, 1.82) is 0 Å². The number of carboxylic acid groups (broad SMARTS) is 1. The number of rotatable bonds is 3. The lowest BCUT2D eigenvalue weighted by Gasteiger charge is -2.04. The van der Waals surface area contributed by atoms with Crippen molar-refractivity contribution < 1.29 is 14.3 Å². The minimum atomic E-state index is -1.07. The highest BCUT2D eigenvalue weighted by Gasteiger charge is 2.04. The molecule has 17 heavy (non-hydrogen) atoms. The number of aromatic nitrogens is 2. The zero-order valence-electron chi connectivity index (χ0n) is 8.75. The maximum Gasteiger partial charge on any atom is 0.328 e. The number of imidazole rings is 1. The summed E-state index contributed by atoms with van der Waals surface area (Å²) in [6.45, 7) is 0. The van der Waals surface area contributed by atoms with Gasteiger partial charge in [0.05, 0.1) is 12.0 Å². The first-order valence-electron chi connectivity index (χ1n) is 4.86. The van der Waals surface area contributed by atoms with Crippen molar-refractivity contribution in [2.45, 2.75) is 0 Å². The Morgan fingerprint density at radius 2 is 2.29 bits per heavy atom. The first-order valence-corrected chi connectivity index (χ1v) is 4.86. The number of nitrogens with zero attached hydrogens (tertiary/aromatic N) is 2. The van der Waals surface area contributed by atoms with Crippen molar-refractivity contribution in [3.8, 4) is 5.69 Å². The molecule has 0 saturated heterocycles. The van der Waals surface area contributed by atoms with Crippen LogP contribution in [0.1, 0.15) is 5.56 Å². The van der Waals surface area contributed by atoms with Crippen LogP contribution in [0.5, 0.6) is 0 Å². The third-order valence-corrected chi connectivity index (χ3v) is 2.17. The number of benzene rings is 1. The number of carboxylic acids is 1. The molecule has 1 N–H and O–H groups in total. The molecule has 1 heterocycles. The molecule has 0 radical (unpaired) electrons. The quantitative estimate of drug-likeness (QED) is 0.824. The zero-order valence-corrected chi connectivity index (χ0v) is 8.75. The van der Waals surface area contributed by atoms with Crippen LogP contribution in [0.3, 0.4) is 0 Å². The first-order chi connectivity index (χ1) is 8.16. The Kier molecular flexibility index (Phi) is 3.00. The summed E-state index contributed by atoms with van der Waals surface area (Å²) >= 11 is 0. The van der Waals surface area contributed by atoms with Gasteiger partial charge in [0.1, 0.15) is 5.82 Å². The number of hydrogen-bond donors (Lipinski definition) is 1. The maximum atomic E-state index is 13.7. The summed E-state index contributed by atoms with van der Waals surface area (Å²) in [6.07, 6.45) is 6.97. The Labute approximate surface area is 96.7 Å². The van der Waals surface area contributed by atoms with Gasteiger partial charge in [0.15, 0.2) is 0 Å². The summed E-state index contributed by atoms with van der Waals surface area (Å²) in [5.41, 5.74) is 0.865. The molecule has 2 aromatic rings. The van der Waals surface area contributed by atoms with Crippen molar-refractivity contribution in [3.63, 3.8) is 0 Å². The van der Waals surface area contributed by atoms with E-state index in [0.29, 0.717) is 11.3 Å². The molecule has 0 spiro atoms. The lowest BCUT2D eigenvalue weighted by Crippen LogP contribution is -1.95. The second-order valence-corrected chi connectivity index (χ2v) is 3.35. The first kappa shape index (κ1) is 11.1. The molecule has 1 aromatic heterocycles. The molecule has 0 aliphatic rings. The number of halogens is 1. The van der Waals surface area contributed by atoms with Gasteiger partial charge in [-0.25, -0.2) is 14.2 Å². The van der Waals surface area contributed by atoms with Gasteiger partial charge in [-0.3, -0.25) is 0 Å². The topological polar surface area (TPSA) is 55.1 Å². The second-order valence-electron chi connectivity index (χ2n) is 3.35. The fraction of sp³-hybridized carbons (Fsp3) is 0. The van der Waals surface area contributed by atoms with Crippen LogP contribution in [-0.4, -0.2) is 20.6 Å². The van der Waals surface area contributed by atoms with Crippen molar-refractivity contribution in [2.24, 2.45) is 0 Å². The van der Waals surface area contributed by atoms with E-state index in [1.165, 1.54) is 18.5 Å². The van der Waals surface area contributed by atoms with Gasteiger partial charge in [0.25, 0.3) is 0 Å². The van der Waals surface area contributed by atoms with Gasteiger partial charge >= 0.3 is 5.97 Å². The zero-order chi connectivity index (χ0) is 12.3. The molecule has 0 saturated carbocycles. The third kappa shape index (κ3) is 2.57. The van der Waals surface area contributed by atoms with E-state index in [1.54, 1.807) is 29.1 Å². The van der Waals surface area contributed by atoms with Crippen LogP contribution < -0.4 is 0 Å². The summed E-state index contributed by atoms with van der Waals surface area (Å²) in [4.78, 5) is 14.1.